The Hall–Kier alpha value is -3.53. The van der Waals surface area contributed by atoms with Gasteiger partial charge in [-0.3, -0.25) is 4.79 Å². The van der Waals surface area contributed by atoms with Gasteiger partial charge in [0.05, 0.1) is 24.0 Å². The van der Waals surface area contributed by atoms with Gasteiger partial charge in [0.25, 0.3) is 11.9 Å². The van der Waals surface area contributed by atoms with Gasteiger partial charge in [0.15, 0.2) is 11.4 Å². The molecule has 2 unspecified atom stereocenters. The highest BCUT2D eigenvalue weighted by atomic mass is 35.5. The minimum absolute atomic E-state index is 0.133. The Morgan fingerprint density at radius 1 is 1.24 bits per heavy atom. The molecule has 176 valence electrons. The molecule has 8 nitrogen and oxygen atoms in total. The quantitative estimate of drug-likeness (QED) is 0.440. The van der Waals surface area contributed by atoms with Crippen molar-refractivity contribution in [2.24, 2.45) is 5.92 Å². The number of fused-ring (bicyclic) bond motifs is 1. The van der Waals surface area contributed by atoms with Gasteiger partial charge in [-0.25, -0.2) is 8.78 Å². The van der Waals surface area contributed by atoms with E-state index in [-0.39, 0.29) is 23.2 Å². The maximum absolute atomic E-state index is 14.7. The van der Waals surface area contributed by atoms with Crippen LogP contribution in [-0.4, -0.2) is 49.9 Å². The number of likely N-dealkylation sites (tertiary alicyclic amines) is 1. The van der Waals surface area contributed by atoms with E-state index >= 15 is 0 Å². The maximum Gasteiger partial charge on any atom is 0.295 e. The Morgan fingerprint density at radius 2 is 2.03 bits per heavy atom. The summed E-state index contributed by atoms with van der Waals surface area (Å²) < 4.78 is 34.6. The number of carbonyl (C=O) groups excluding carboxylic acids is 1. The number of amides is 1. The van der Waals surface area contributed by atoms with E-state index in [1.807, 2.05) is 6.92 Å². The van der Waals surface area contributed by atoms with Crippen LogP contribution in [0, 0.1) is 17.6 Å². The molecule has 11 heteroatoms. The topological polar surface area (TPSA) is 89.1 Å². The second-order valence-electron chi connectivity index (χ2n) is 8.30. The minimum Gasteiger partial charge on any atom is -0.424 e. The molecular formula is C23H21ClF2N6O2. The van der Waals surface area contributed by atoms with Crippen LogP contribution in [0.1, 0.15) is 30.1 Å². The zero-order valence-corrected chi connectivity index (χ0v) is 19.0. The third kappa shape index (κ3) is 4.21. The molecule has 0 aliphatic carbocycles. The highest BCUT2D eigenvalue weighted by Crippen LogP contribution is 2.29. The van der Waals surface area contributed by atoms with Crippen molar-refractivity contribution in [3.63, 3.8) is 0 Å². The first-order valence-corrected chi connectivity index (χ1v) is 11.2. The lowest BCUT2D eigenvalue weighted by atomic mass is 9.90. The fourth-order valence-corrected chi connectivity index (χ4v) is 4.56. The summed E-state index contributed by atoms with van der Waals surface area (Å²) in [5.74, 6) is -2.12. The lowest BCUT2D eigenvalue weighted by molar-refractivity contribution is 0.0538. The molecule has 1 saturated heterocycles. The summed E-state index contributed by atoms with van der Waals surface area (Å²) in [5, 5.41) is 11.6. The minimum atomic E-state index is -0.913. The van der Waals surface area contributed by atoms with Crippen LogP contribution in [0.3, 0.4) is 0 Å². The Morgan fingerprint density at radius 3 is 2.82 bits per heavy atom. The molecule has 5 rings (SSSR count). The fraction of sp³-hybridized carbons (Fsp3) is 0.304. The summed E-state index contributed by atoms with van der Waals surface area (Å²) in [4.78, 5) is 20.6. The van der Waals surface area contributed by atoms with Crippen LogP contribution in [0.15, 0.2) is 47.1 Å². The average molecular weight is 487 g/mol. The predicted molar refractivity (Wildman–Crippen MR) is 122 cm³/mol. The average Bonchev–Trinajstić information content (AvgIpc) is 3.46. The first kappa shape index (κ1) is 22.3. The van der Waals surface area contributed by atoms with Gasteiger partial charge in [-0.05, 0) is 37.0 Å². The summed E-state index contributed by atoms with van der Waals surface area (Å²) in [6.07, 6.45) is 4.41. The van der Waals surface area contributed by atoms with Crippen LogP contribution in [0.2, 0.25) is 5.02 Å². The molecule has 1 N–H and O–H groups in total. The number of anilines is 1. The number of hydrogen-bond donors (Lipinski definition) is 1. The van der Waals surface area contributed by atoms with Crippen molar-refractivity contribution < 1.29 is 18.0 Å². The van der Waals surface area contributed by atoms with Gasteiger partial charge in [-0.1, -0.05) is 18.5 Å². The monoisotopic (exact) mass is 486 g/mol. The second kappa shape index (κ2) is 9.02. The molecule has 2 atom stereocenters. The van der Waals surface area contributed by atoms with Gasteiger partial charge in [0.2, 0.25) is 0 Å². The summed E-state index contributed by atoms with van der Waals surface area (Å²) in [7, 11) is 0. The highest BCUT2D eigenvalue weighted by molar-refractivity contribution is 6.31. The van der Waals surface area contributed by atoms with Crippen LogP contribution in [0.4, 0.5) is 14.8 Å². The van der Waals surface area contributed by atoms with E-state index in [1.54, 1.807) is 23.1 Å². The molecule has 2 aromatic heterocycles. The number of hydrogen-bond acceptors (Lipinski definition) is 6. The molecule has 1 amide bonds. The van der Waals surface area contributed by atoms with Gasteiger partial charge in [-0.2, -0.15) is 15.2 Å². The number of nitrogens with one attached hydrogen (secondary N) is 1. The number of carbonyl (C=O) groups is 1. The number of rotatable bonds is 5. The molecular weight excluding hydrogens is 466 g/mol. The smallest absolute Gasteiger partial charge is 0.295 e. The SMILES string of the molecule is CC1CCCN(C(=O)c2cc(F)cc(F)c2-n2nccn2)C1CNc1nc2ccc(Cl)cc2o1. The van der Waals surface area contributed by atoms with Crippen molar-refractivity contribution in [3.05, 3.63) is 64.9 Å². The molecule has 3 heterocycles. The van der Waals surface area contributed by atoms with Gasteiger partial charge in [0, 0.05) is 30.2 Å². The number of aromatic nitrogens is 4. The zero-order valence-electron chi connectivity index (χ0n) is 18.2. The van der Waals surface area contributed by atoms with Gasteiger partial charge < -0.3 is 14.6 Å². The molecule has 0 saturated carbocycles. The van der Waals surface area contributed by atoms with Crippen molar-refractivity contribution in [2.75, 3.05) is 18.4 Å². The standard InChI is InChI=1S/C23H21ClF2N6O2/c1-13-3-2-8-31(19(13)12-27-23-30-18-5-4-14(24)9-20(18)34-23)22(33)16-10-15(25)11-17(26)21(16)32-28-6-7-29-32/h4-7,9-11,13,19H,2-3,8,12H2,1H3,(H,27,30). The summed E-state index contributed by atoms with van der Waals surface area (Å²) in [6, 6.07) is 6.95. The molecule has 1 aliphatic rings. The number of piperidine rings is 1. The highest BCUT2D eigenvalue weighted by Gasteiger charge is 2.34. The van der Waals surface area contributed by atoms with Crippen molar-refractivity contribution in [1.82, 2.24) is 24.9 Å². The molecule has 0 bridgehead atoms. The second-order valence-corrected chi connectivity index (χ2v) is 8.74. The summed E-state index contributed by atoms with van der Waals surface area (Å²) in [6.45, 7) is 2.84. The number of nitrogens with zero attached hydrogens (tertiary/aromatic N) is 5. The Balaban J connectivity index is 1.43. The van der Waals surface area contributed by atoms with Crippen molar-refractivity contribution >= 4 is 34.6 Å². The predicted octanol–water partition coefficient (Wildman–Crippen LogP) is 4.69. The third-order valence-corrected chi connectivity index (χ3v) is 6.30. The van der Waals surface area contributed by atoms with Crippen molar-refractivity contribution in [1.29, 1.82) is 0 Å². The van der Waals surface area contributed by atoms with Gasteiger partial charge in [0.1, 0.15) is 17.0 Å². The molecule has 0 radical (unpaired) electrons. The normalized spacial score (nSPS) is 18.4. The lowest BCUT2D eigenvalue weighted by Crippen LogP contribution is -2.51. The van der Waals surface area contributed by atoms with Crippen LogP contribution in [0.25, 0.3) is 16.8 Å². The van der Waals surface area contributed by atoms with E-state index in [0.29, 0.717) is 41.3 Å². The molecule has 1 aliphatic heterocycles. The Bertz CT molecular complexity index is 1340. The van der Waals surface area contributed by atoms with Crippen LogP contribution < -0.4 is 5.32 Å². The molecule has 2 aromatic carbocycles. The van der Waals surface area contributed by atoms with E-state index in [1.165, 1.54) is 12.4 Å². The van der Waals surface area contributed by atoms with Gasteiger partial charge >= 0.3 is 0 Å². The Labute approximate surface area is 198 Å². The van der Waals surface area contributed by atoms with Crippen molar-refractivity contribution in [3.8, 4) is 5.69 Å². The van der Waals surface area contributed by atoms with Crippen LogP contribution in [-0.2, 0) is 0 Å². The van der Waals surface area contributed by atoms with E-state index < -0.39 is 17.5 Å². The first-order chi connectivity index (χ1) is 16.4. The van der Waals surface area contributed by atoms with Crippen molar-refractivity contribution in [2.45, 2.75) is 25.8 Å². The lowest BCUT2D eigenvalue weighted by Gasteiger charge is -2.40. The Kier molecular flexibility index (Phi) is 5.91. The number of benzene rings is 2. The number of oxazole rings is 1. The van der Waals surface area contributed by atoms with E-state index in [0.717, 1.165) is 23.7 Å². The summed E-state index contributed by atoms with van der Waals surface area (Å²) in [5.41, 5.74) is 0.885. The summed E-state index contributed by atoms with van der Waals surface area (Å²) >= 11 is 6.01. The van der Waals surface area contributed by atoms with Gasteiger partial charge in [-0.15, -0.1) is 4.80 Å². The molecule has 0 spiro atoms. The third-order valence-electron chi connectivity index (χ3n) is 6.07. The van der Waals surface area contributed by atoms with E-state index in [4.69, 9.17) is 16.0 Å². The van der Waals surface area contributed by atoms with Crippen LogP contribution in [0.5, 0.6) is 0 Å². The first-order valence-electron chi connectivity index (χ1n) is 10.9. The van der Waals surface area contributed by atoms with E-state index in [9.17, 15) is 13.6 Å². The molecule has 4 aromatic rings. The maximum atomic E-state index is 14.7. The van der Waals surface area contributed by atoms with E-state index in [2.05, 4.69) is 20.5 Å². The fourth-order valence-electron chi connectivity index (χ4n) is 4.40. The zero-order chi connectivity index (χ0) is 23.8. The largest absolute Gasteiger partial charge is 0.424 e. The van der Waals surface area contributed by atoms with Crippen LogP contribution >= 0.6 is 11.6 Å². The molecule has 34 heavy (non-hydrogen) atoms. The molecule has 1 fully saturated rings. The number of halogens is 3.